The summed E-state index contributed by atoms with van der Waals surface area (Å²) in [5.74, 6) is -0.397. The fraction of sp³-hybridized carbons (Fsp3) is 0.364. The van der Waals surface area contributed by atoms with Crippen LogP contribution in [0.3, 0.4) is 0 Å². The molecule has 0 bridgehead atoms. The Labute approximate surface area is 106 Å². The van der Waals surface area contributed by atoms with Crippen LogP contribution in [0.4, 0.5) is 0 Å². The van der Waals surface area contributed by atoms with Gasteiger partial charge in [-0.25, -0.2) is 13.1 Å². The topological polar surface area (TPSA) is 84.5 Å². The molecule has 1 aromatic carbocycles. The third-order valence-electron chi connectivity index (χ3n) is 2.10. The minimum absolute atomic E-state index is 0.134. The van der Waals surface area contributed by atoms with Gasteiger partial charge in [0.2, 0.25) is 15.9 Å². The Morgan fingerprint density at radius 1 is 1.28 bits per heavy atom. The average molecular weight is 272 g/mol. The highest BCUT2D eigenvalue weighted by atomic mass is 32.2. The Balaban J connectivity index is 2.46. The molecule has 18 heavy (non-hydrogen) atoms. The van der Waals surface area contributed by atoms with Crippen LogP contribution in [0.5, 0.6) is 0 Å². The second kappa shape index (κ2) is 7.10. The Morgan fingerprint density at radius 3 is 2.56 bits per heavy atom. The van der Waals surface area contributed by atoms with E-state index in [0.29, 0.717) is 13.2 Å². The lowest BCUT2D eigenvalue weighted by molar-refractivity contribution is -0.120. The minimum Gasteiger partial charge on any atom is -0.383 e. The molecule has 0 aliphatic heterocycles. The Hall–Kier alpha value is -1.44. The Bertz CT molecular complexity index is 473. The van der Waals surface area contributed by atoms with Crippen LogP contribution in [0, 0.1) is 0 Å². The van der Waals surface area contributed by atoms with E-state index in [4.69, 9.17) is 4.74 Å². The van der Waals surface area contributed by atoms with Gasteiger partial charge in [0.05, 0.1) is 18.0 Å². The van der Waals surface area contributed by atoms with Crippen molar-refractivity contribution in [2.24, 2.45) is 0 Å². The molecule has 0 aromatic heterocycles. The first-order chi connectivity index (χ1) is 8.56. The third kappa shape index (κ3) is 4.82. The summed E-state index contributed by atoms with van der Waals surface area (Å²) in [5.41, 5.74) is 0. The SMILES string of the molecule is COCCNC(=O)CNS(=O)(=O)c1ccccc1. The van der Waals surface area contributed by atoms with E-state index in [9.17, 15) is 13.2 Å². The van der Waals surface area contributed by atoms with Gasteiger partial charge in [-0.05, 0) is 12.1 Å². The number of hydrogen-bond donors (Lipinski definition) is 2. The van der Waals surface area contributed by atoms with Crippen LogP contribution in [0.1, 0.15) is 0 Å². The van der Waals surface area contributed by atoms with Gasteiger partial charge >= 0.3 is 0 Å². The monoisotopic (exact) mass is 272 g/mol. The van der Waals surface area contributed by atoms with Gasteiger partial charge in [0.25, 0.3) is 0 Å². The van der Waals surface area contributed by atoms with Crippen molar-refractivity contribution in [1.82, 2.24) is 10.0 Å². The smallest absolute Gasteiger partial charge is 0.241 e. The Morgan fingerprint density at radius 2 is 1.94 bits per heavy atom. The molecule has 0 fully saturated rings. The van der Waals surface area contributed by atoms with Crippen LogP contribution in [0.15, 0.2) is 35.2 Å². The molecule has 6 nitrogen and oxygen atoms in total. The summed E-state index contributed by atoms with van der Waals surface area (Å²) in [5, 5.41) is 2.52. The molecule has 0 spiro atoms. The molecule has 100 valence electrons. The van der Waals surface area contributed by atoms with E-state index in [2.05, 4.69) is 10.0 Å². The number of rotatable bonds is 7. The van der Waals surface area contributed by atoms with Crippen LogP contribution in [-0.4, -0.2) is 41.1 Å². The van der Waals surface area contributed by atoms with Crippen LogP contribution in [0.25, 0.3) is 0 Å². The molecule has 1 aromatic rings. The summed E-state index contributed by atoms with van der Waals surface area (Å²) in [7, 11) is -2.11. The normalized spacial score (nSPS) is 11.2. The van der Waals surface area contributed by atoms with E-state index >= 15 is 0 Å². The number of amides is 1. The molecular formula is C11H16N2O4S. The van der Waals surface area contributed by atoms with Crippen molar-refractivity contribution >= 4 is 15.9 Å². The molecule has 0 radical (unpaired) electrons. The molecule has 7 heteroatoms. The fourth-order valence-corrected chi connectivity index (χ4v) is 2.20. The van der Waals surface area contributed by atoms with Crippen LogP contribution >= 0.6 is 0 Å². The molecule has 2 N–H and O–H groups in total. The van der Waals surface area contributed by atoms with Crippen molar-refractivity contribution in [3.8, 4) is 0 Å². The number of nitrogens with one attached hydrogen (secondary N) is 2. The number of hydrogen-bond acceptors (Lipinski definition) is 4. The lowest BCUT2D eigenvalue weighted by Crippen LogP contribution is -2.38. The molecule has 1 amide bonds. The first kappa shape index (κ1) is 14.6. The van der Waals surface area contributed by atoms with Gasteiger partial charge in [-0.15, -0.1) is 0 Å². The highest BCUT2D eigenvalue weighted by molar-refractivity contribution is 7.89. The van der Waals surface area contributed by atoms with E-state index in [0.717, 1.165) is 0 Å². The van der Waals surface area contributed by atoms with Crippen molar-refractivity contribution in [2.45, 2.75) is 4.90 Å². The molecule has 1 rings (SSSR count). The molecule has 0 heterocycles. The molecule has 0 atom stereocenters. The van der Waals surface area contributed by atoms with Crippen molar-refractivity contribution in [3.63, 3.8) is 0 Å². The van der Waals surface area contributed by atoms with Crippen molar-refractivity contribution < 1.29 is 17.9 Å². The highest BCUT2D eigenvalue weighted by Crippen LogP contribution is 2.06. The third-order valence-corrected chi connectivity index (χ3v) is 3.52. The summed E-state index contributed by atoms with van der Waals surface area (Å²) in [4.78, 5) is 11.4. The van der Waals surface area contributed by atoms with Crippen LogP contribution in [-0.2, 0) is 19.6 Å². The van der Waals surface area contributed by atoms with Crippen molar-refractivity contribution in [2.75, 3.05) is 26.8 Å². The van der Waals surface area contributed by atoms with Gasteiger partial charge < -0.3 is 10.1 Å². The van der Waals surface area contributed by atoms with E-state index in [1.807, 2.05) is 0 Å². The lowest BCUT2D eigenvalue weighted by atomic mass is 10.4. The maximum atomic E-state index is 11.8. The van der Waals surface area contributed by atoms with Gasteiger partial charge in [-0.2, -0.15) is 0 Å². The summed E-state index contributed by atoms with van der Waals surface area (Å²) in [6.07, 6.45) is 0. The maximum Gasteiger partial charge on any atom is 0.241 e. The molecule has 0 aliphatic rings. The Kier molecular flexibility index (Phi) is 5.76. The second-order valence-electron chi connectivity index (χ2n) is 3.48. The zero-order chi connectivity index (χ0) is 13.4. The molecule has 0 unspecified atom stereocenters. The second-order valence-corrected chi connectivity index (χ2v) is 5.25. The van der Waals surface area contributed by atoms with Gasteiger partial charge in [0, 0.05) is 13.7 Å². The summed E-state index contributed by atoms with van der Waals surface area (Å²) >= 11 is 0. The van der Waals surface area contributed by atoms with Gasteiger partial charge in [0.15, 0.2) is 0 Å². The van der Waals surface area contributed by atoms with Crippen molar-refractivity contribution in [1.29, 1.82) is 0 Å². The largest absolute Gasteiger partial charge is 0.383 e. The van der Waals surface area contributed by atoms with Gasteiger partial charge in [0.1, 0.15) is 0 Å². The number of methoxy groups -OCH3 is 1. The average Bonchev–Trinajstić information content (AvgIpc) is 2.38. The number of carbonyl (C=O) groups is 1. The van der Waals surface area contributed by atoms with Crippen LogP contribution < -0.4 is 10.0 Å². The molecule has 0 aliphatic carbocycles. The summed E-state index contributed by atoms with van der Waals surface area (Å²) < 4.78 is 30.5. The predicted octanol–water partition coefficient (Wildman–Crippen LogP) is -0.272. The number of ether oxygens (including phenoxy) is 1. The molecule has 0 saturated carbocycles. The van der Waals surface area contributed by atoms with Crippen LogP contribution in [0.2, 0.25) is 0 Å². The number of sulfonamides is 1. The van der Waals surface area contributed by atoms with Gasteiger partial charge in [-0.3, -0.25) is 4.79 Å². The quantitative estimate of drug-likeness (QED) is 0.669. The van der Waals surface area contributed by atoms with Crippen molar-refractivity contribution in [3.05, 3.63) is 30.3 Å². The van der Waals surface area contributed by atoms with E-state index < -0.39 is 15.9 Å². The number of carbonyl (C=O) groups excluding carboxylic acids is 1. The van der Waals surface area contributed by atoms with E-state index in [1.165, 1.54) is 19.2 Å². The zero-order valence-electron chi connectivity index (χ0n) is 10.0. The maximum absolute atomic E-state index is 11.8. The first-order valence-electron chi connectivity index (χ1n) is 5.36. The number of benzene rings is 1. The van der Waals surface area contributed by atoms with E-state index in [1.54, 1.807) is 18.2 Å². The predicted molar refractivity (Wildman–Crippen MR) is 66.5 cm³/mol. The molecule has 0 saturated heterocycles. The lowest BCUT2D eigenvalue weighted by Gasteiger charge is -2.07. The first-order valence-corrected chi connectivity index (χ1v) is 6.85. The summed E-state index contributed by atoms with van der Waals surface area (Å²) in [6.45, 7) is 0.445. The highest BCUT2D eigenvalue weighted by Gasteiger charge is 2.14. The minimum atomic E-state index is -3.63. The van der Waals surface area contributed by atoms with Gasteiger partial charge in [-0.1, -0.05) is 18.2 Å². The molecular weight excluding hydrogens is 256 g/mol. The van der Waals surface area contributed by atoms with E-state index in [-0.39, 0.29) is 11.4 Å². The fourth-order valence-electron chi connectivity index (χ4n) is 1.20. The summed E-state index contributed by atoms with van der Waals surface area (Å²) in [6, 6.07) is 7.88. The zero-order valence-corrected chi connectivity index (χ0v) is 10.9. The standard InChI is InChI=1S/C11H16N2O4S/c1-17-8-7-12-11(14)9-13-18(15,16)10-5-3-2-4-6-10/h2-6,13H,7-9H2,1H3,(H,12,14).